The lowest BCUT2D eigenvalue weighted by Gasteiger charge is -2.48. The highest BCUT2D eigenvalue weighted by molar-refractivity contribution is 5.62. The van der Waals surface area contributed by atoms with Gasteiger partial charge in [-0.15, -0.1) is 0 Å². The Morgan fingerprint density at radius 3 is 2.76 bits per heavy atom. The molecule has 0 aliphatic carbocycles. The van der Waals surface area contributed by atoms with E-state index in [4.69, 9.17) is 9.26 Å². The molecule has 8 heteroatoms. The molecule has 3 aromatic heterocycles. The van der Waals surface area contributed by atoms with Crippen LogP contribution >= 0.6 is 0 Å². The smallest absolute Gasteiger partial charge is 0.269 e. The van der Waals surface area contributed by atoms with Gasteiger partial charge in [0.1, 0.15) is 17.1 Å². The summed E-state index contributed by atoms with van der Waals surface area (Å²) in [5.74, 6) is 0.668. The van der Waals surface area contributed by atoms with Gasteiger partial charge in [-0.1, -0.05) is 5.16 Å². The number of hydrogen-bond acceptors (Lipinski definition) is 7. The number of aromatic nitrogens is 4. The first-order chi connectivity index (χ1) is 14.0. The Labute approximate surface area is 168 Å². The van der Waals surface area contributed by atoms with Crippen LogP contribution in [0, 0.1) is 13.8 Å². The Morgan fingerprint density at radius 2 is 2.07 bits per heavy atom. The van der Waals surface area contributed by atoms with Crippen LogP contribution in [0.5, 0.6) is 0 Å². The summed E-state index contributed by atoms with van der Waals surface area (Å²) in [7, 11) is 0. The zero-order valence-electron chi connectivity index (χ0n) is 16.6. The minimum absolute atomic E-state index is 0.00852. The van der Waals surface area contributed by atoms with E-state index in [1.54, 1.807) is 18.5 Å². The van der Waals surface area contributed by atoms with Crippen LogP contribution < -0.4 is 10.5 Å². The van der Waals surface area contributed by atoms with Gasteiger partial charge in [0, 0.05) is 48.8 Å². The molecule has 2 fully saturated rings. The summed E-state index contributed by atoms with van der Waals surface area (Å²) in [4.78, 5) is 19.2. The predicted molar refractivity (Wildman–Crippen MR) is 107 cm³/mol. The average Bonchev–Trinajstić information content (AvgIpc) is 3.31. The third-order valence-corrected chi connectivity index (χ3v) is 5.84. The van der Waals surface area contributed by atoms with E-state index in [1.807, 2.05) is 26.0 Å². The number of ether oxygens (including phenoxy) is 1. The van der Waals surface area contributed by atoms with Crippen LogP contribution in [-0.4, -0.2) is 45.2 Å². The van der Waals surface area contributed by atoms with Crippen molar-refractivity contribution in [3.8, 4) is 11.3 Å². The maximum atomic E-state index is 12.7. The molecule has 0 atom stereocenters. The van der Waals surface area contributed by atoms with E-state index in [-0.39, 0.29) is 11.2 Å². The fourth-order valence-corrected chi connectivity index (χ4v) is 4.11. The van der Waals surface area contributed by atoms with Crippen molar-refractivity contribution in [1.82, 2.24) is 19.9 Å². The standard InChI is InChI=1S/C21H23N5O3/c1-14-4-5-16(9-22-14)20-18(15(2)29-24-20)11-26-19(27)8-17(10-23-26)25-12-21(13-25)6-3-7-28-21/h4-5,8-10H,3,6-7,11-13H2,1-2H3. The van der Waals surface area contributed by atoms with Crippen molar-refractivity contribution < 1.29 is 9.26 Å². The van der Waals surface area contributed by atoms with Crippen LogP contribution in [0.4, 0.5) is 5.69 Å². The molecule has 2 aliphatic heterocycles. The van der Waals surface area contributed by atoms with Crippen molar-refractivity contribution >= 4 is 5.69 Å². The quantitative estimate of drug-likeness (QED) is 0.672. The molecular weight excluding hydrogens is 370 g/mol. The average molecular weight is 393 g/mol. The number of aryl methyl sites for hydroxylation is 2. The summed E-state index contributed by atoms with van der Waals surface area (Å²) < 4.78 is 12.7. The highest BCUT2D eigenvalue weighted by Gasteiger charge is 2.46. The first-order valence-electron chi connectivity index (χ1n) is 9.87. The Balaban J connectivity index is 1.37. The van der Waals surface area contributed by atoms with E-state index in [2.05, 4.69) is 20.1 Å². The van der Waals surface area contributed by atoms with E-state index < -0.39 is 0 Å². The van der Waals surface area contributed by atoms with Crippen LogP contribution in [0.15, 0.2) is 39.9 Å². The van der Waals surface area contributed by atoms with Gasteiger partial charge in [0.15, 0.2) is 0 Å². The number of nitrogens with zero attached hydrogens (tertiary/aromatic N) is 5. The molecule has 8 nitrogen and oxygen atoms in total. The first-order valence-corrected chi connectivity index (χ1v) is 9.87. The van der Waals surface area contributed by atoms with E-state index in [0.29, 0.717) is 18.0 Å². The molecule has 3 aromatic rings. The van der Waals surface area contributed by atoms with Gasteiger partial charge in [0.05, 0.1) is 18.4 Å². The van der Waals surface area contributed by atoms with Gasteiger partial charge in [-0.25, -0.2) is 4.68 Å². The number of hydrogen-bond donors (Lipinski definition) is 0. The first kappa shape index (κ1) is 18.1. The predicted octanol–water partition coefficient (Wildman–Crippen LogP) is 2.33. The molecule has 2 aliphatic rings. The SMILES string of the molecule is Cc1ccc(-c2noc(C)c2Cn2ncc(N3CC4(CCCO4)C3)cc2=O)cn1. The molecule has 0 amide bonds. The molecule has 0 saturated carbocycles. The summed E-state index contributed by atoms with van der Waals surface area (Å²) in [6.45, 7) is 6.56. The van der Waals surface area contributed by atoms with E-state index in [1.165, 1.54) is 4.68 Å². The van der Waals surface area contributed by atoms with Gasteiger partial charge in [0.25, 0.3) is 5.56 Å². The Morgan fingerprint density at radius 1 is 1.21 bits per heavy atom. The normalized spacial score (nSPS) is 17.7. The molecule has 0 N–H and O–H groups in total. The zero-order valence-corrected chi connectivity index (χ0v) is 16.6. The Bertz CT molecular complexity index is 1090. The van der Waals surface area contributed by atoms with Crippen molar-refractivity contribution in [2.75, 3.05) is 24.6 Å². The van der Waals surface area contributed by atoms with Crippen molar-refractivity contribution in [2.24, 2.45) is 0 Å². The lowest BCUT2D eigenvalue weighted by Crippen LogP contribution is -2.61. The summed E-state index contributed by atoms with van der Waals surface area (Å²) in [6, 6.07) is 5.52. The maximum absolute atomic E-state index is 12.7. The topological polar surface area (TPSA) is 86.3 Å². The minimum atomic E-state index is -0.149. The van der Waals surface area contributed by atoms with Gasteiger partial charge >= 0.3 is 0 Å². The molecular formula is C21H23N5O3. The maximum Gasteiger partial charge on any atom is 0.269 e. The van der Waals surface area contributed by atoms with Gasteiger partial charge in [-0.05, 0) is 38.8 Å². The molecule has 0 radical (unpaired) electrons. The van der Waals surface area contributed by atoms with Crippen LogP contribution in [0.25, 0.3) is 11.3 Å². The summed E-state index contributed by atoms with van der Waals surface area (Å²) in [6.07, 6.45) is 5.72. The summed E-state index contributed by atoms with van der Waals surface area (Å²) >= 11 is 0. The number of anilines is 1. The number of rotatable bonds is 4. The Hall–Kier alpha value is -3.00. The minimum Gasteiger partial charge on any atom is -0.371 e. The molecule has 0 bridgehead atoms. The molecule has 29 heavy (non-hydrogen) atoms. The molecule has 5 heterocycles. The van der Waals surface area contributed by atoms with Crippen molar-refractivity contribution in [2.45, 2.75) is 38.8 Å². The van der Waals surface area contributed by atoms with Crippen LogP contribution in [-0.2, 0) is 11.3 Å². The van der Waals surface area contributed by atoms with Crippen LogP contribution in [0.1, 0.15) is 29.9 Å². The second-order valence-electron chi connectivity index (χ2n) is 7.95. The van der Waals surface area contributed by atoms with E-state index >= 15 is 0 Å². The third kappa shape index (κ3) is 3.23. The molecule has 2 saturated heterocycles. The van der Waals surface area contributed by atoms with Crippen LogP contribution in [0.3, 0.4) is 0 Å². The third-order valence-electron chi connectivity index (χ3n) is 5.84. The molecule has 0 unspecified atom stereocenters. The lowest BCUT2D eigenvalue weighted by molar-refractivity contribution is -0.0181. The molecule has 0 aromatic carbocycles. The largest absolute Gasteiger partial charge is 0.371 e. The summed E-state index contributed by atoms with van der Waals surface area (Å²) in [5.41, 5.74) is 4.00. The fourth-order valence-electron chi connectivity index (χ4n) is 4.11. The fraction of sp³-hybridized carbons (Fsp3) is 0.429. The monoisotopic (exact) mass is 393 g/mol. The van der Waals surface area contributed by atoms with Crippen molar-refractivity contribution in [1.29, 1.82) is 0 Å². The van der Waals surface area contributed by atoms with Gasteiger partial charge < -0.3 is 14.2 Å². The Kier molecular flexibility index (Phi) is 4.24. The molecule has 5 rings (SSSR count). The summed E-state index contributed by atoms with van der Waals surface area (Å²) in [5, 5.41) is 8.57. The van der Waals surface area contributed by atoms with E-state index in [0.717, 1.165) is 55.0 Å². The van der Waals surface area contributed by atoms with Gasteiger partial charge in [-0.3, -0.25) is 9.78 Å². The highest BCUT2D eigenvalue weighted by atomic mass is 16.5. The van der Waals surface area contributed by atoms with Crippen molar-refractivity contribution in [3.63, 3.8) is 0 Å². The second kappa shape index (κ2) is 6.81. The molecule has 150 valence electrons. The number of pyridine rings is 1. The van der Waals surface area contributed by atoms with Gasteiger partial charge in [-0.2, -0.15) is 5.10 Å². The van der Waals surface area contributed by atoms with Crippen LogP contribution in [0.2, 0.25) is 0 Å². The lowest BCUT2D eigenvalue weighted by atomic mass is 9.90. The van der Waals surface area contributed by atoms with Gasteiger partial charge in [0.2, 0.25) is 0 Å². The second-order valence-corrected chi connectivity index (χ2v) is 7.95. The van der Waals surface area contributed by atoms with E-state index in [9.17, 15) is 4.79 Å². The zero-order chi connectivity index (χ0) is 20.0. The highest BCUT2D eigenvalue weighted by Crippen LogP contribution is 2.37. The van der Waals surface area contributed by atoms with Crippen molar-refractivity contribution in [3.05, 3.63) is 58.0 Å². The molecule has 1 spiro atoms.